The summed E-state index contributed by atoms with van der Waals surface area (Å²) in [7, 11) is 0. The maximum Gasteiger partial charge on any atom is 0.115 e. The highest BCUT2D eigenvalue weighted by Gasteiger charge is 2.19. The predicted octanol–water partition coefficient (Wildman–Crippen LogP) is 2.42. The molecule has 0 atom stereocenters. The van der Waals surface area contributed by atoms with Crippen molar-refractivity contribution in [2.75, 3.05) is 5.32 Å². The molecule has 1 aliphatic carbocycles. The molecule has 0 radical (unpaired) electrons. The highest BCUT2D eigenvalue weighted by atomic mass is 16.3. The summed E-state index contributed by atoms with van der Waals surface area (Å²) in [6.07, 6.45) is 3.69. The number of phenols is 1. The summed E-state index contributed by atoms with van der Waals surface area (Å²) in [5.41, 5.74) is 2.14. The molecule has 0 unspecified atom stereocenters. The normalized spacial score (nSPS) is 25.4. The lowest BCUT2D eigenvalue weighted by Gasteiger charge is -2.27. The summed E-state index contributed by atoms with van der Waals surface area (Å²) >= 11 is 0. The van der Waals surface area contributed by atoms with Crippen molar-refractivity contribution >= 4 is 5.69 Å². The van der Waals surface area contributed by atoms with E-state index in [1.54, 1.807) is 12.1 Å². The summed E-state index contributed by atoms with van der Waals surface area (Å²) in [6, 6.07) is 5.83. The van der Waals surface area contributed by atoms with E-state index in [0.29, 0.717) is 11.8 Å². The minimum atomic E-state index is -0.112. The molecule has 1 aromatic carbocycles. The third-order valence-electron chi connectivity index (χ3n) is 3.27. The van der Waals surface area contributed by atoms with Gasteiger partial charge < -0.3 is 15.5 Å². The van der Waals surface area contributed by atoms with Crippen molar-refractivity contribution in [3.05, 3.63) is 23.8 Å². The van der Waals surface area contributed by atoms with Crippen molar-refractivity contribution in [3.63, 3.8) is 0 Å². The number of hydrogen-bond donors (Lipinski definition) is 3. The summed E-state index contributed by atoms with van der Waals surface area (Å²) < 4.78 is 0. The Morgan fingerprint density at radius 3 is 2.50 bits per heavy atom. The number of nitrogens with one attached hydrogen (secondary N) is 1. The highest BCUT2D eigenvalue weighted by molar-refractivity contribution is 5.53. The van der Waals surface area contributed by atoms with Gasteiger partial charge in [-0.3, -0.25) is 0 Å². The Labute approximate surface area is 96.1 Å². The Morgan fingerprint density at radius 1 is 1.19 bits per heavy atom. The van der Waals surface area contributed by atoms with Crippen LogP contribution in [0.5, 0.6) is 5.75 Å². The molecular formula is C13H19NO2. The molecule has 1 fully saturated rings. The van der Waals surface area contributed by atoms with Crippen molar-refractivity contribution in [1.29, 1.82) is 0 Å². The van der Waals surface area contributed by atoms with E-state index < -0.39 is 0 Å². The molecule has 1 aliphatic rings. The summed E-state index contributed by atoms with van der Waals surface area (Å²) in [5, 5.41) is 22.2. The fourth-order valence-electron chi connectivity index (χ4n) is 2.25. The first-order valence-corrected chi connectivity index (χ1v) is 5.89. The van der Waals surface area contributed by atoms with Gasteiger partial charge in [-0.25, -0.2) is 0 Å². The molecule has 0 aliphatic heterocycles. The van der Waals surface area contributed by atoms with Gasteiger partial charge in [0.15, 0.2) is 0 Å². The number of aromatic hydroxyl groups is 1. The lowest BCUT2D eigenvalue weighted by Crippen LogP contribution is -2.28. The monoisotopic (exact) mass is 221 g/mol. The molecule has 88 valence electrons. The first-order chi connectivity index (χ1) is 7.65. The van der Waals surface area contributed by atoms with Gasteiger partial charge in [0, 0.05) is 11.7 Å². The number of phenolic OH excluding ortho intramolecular Hbond substituents is 1. The number of anilines is 1. The van der Waals surface area contributed by atoms with Crippen LogP contribution in [-0.4, -0.2) is 22.4 Å². The van der Waals surface area contributed by atoms with Gasteiger partial charge in [0.05, 0.1) is 6.10 Å². The highest BCUT2D eigenvalue weighted by Crippen LogP contribution is 2.25. The van der Waals surface area contributed by atoms with Gasteiger partial charge in [-0.15, -0.1) is 0 Å². The van der Waals surface area contributed by atoms with Gasteiger partial charge in [-0.05, 0) is 56.4 Å². The zero-order chi connectivity index (χ0) is 11.5. The van der Waals surface area contributed by atoms with Gasteiger partial charge >= 0.3 is 0 Å². The van der Waals surface area contributed by atoms with Crippen LogP contribution in [0.3, 0.4) is 0 Å². The molecule has 2 rings (SSSR count). The molecular weight excluding hydrogens is 202 g/mol. The lowest BCUT2D eigenvalue weighted by molar-refractivity contribution is 0.126. The topological polar surface area (TPSA) is 52.5 Å². The fraction of sp³-hybridized carbons (Fsp3) is 0.538. The molecule has 1 aromatic rings. The zero-order valence-electron chi connectivity index (χ0n) is 9.61. The van der Waals surface area contributed by atoms with Crippen LogP contribution >= 0.6 is 0 Å². The van der Waals surface area contributed by atoms with Gasteiger partial charge in [0.25, 0.3) is 0 Å². The fourth-order valence-corrected chi connectivity index (χ4v) is 2.25. The van der Waals surface area contributed by atoms with Crippen LogP contribution < -0.4 is 5.32 Å². The molecule has 0 spiro atoms. The van der Waals surface area contributed by atoms with Crippen molar-refractivity contribution in [2.24, 2.45) is 0 Å². The lowest BCUT2D eigenvalue weighted by atomic mass is 9.93. The maximum atomic E-state index is 9.42. The van der Waals surface area contributed by atoms with Crippen molar-refractivity contribution in [2.45, 2.75) is 44.8 Å². The van der Waals surface area contributed by atoms with E-state index in [9.17, 15) is 10.2 Å². The third-order valence-corrected chi connectivity index (χ3v) is 3.27. The van der Waals surface area contributed by atoms with Crippen LogP contribution in [0.2, 0.25) is 0 Å². The van der Waals surface area contributed by atoms with E-state index in [-0.39, 0.29) is 6.10 Å². The molecule has 3 heteroatoms. The maximum absolute atomic E-state index is 9.42. The average molecular weight is 221 g/mol. The number of aryl methyl sites for hydroxylation is 1. The molecule has 0 heterocycles. The van der Waals surface area contributed by atoms with E-state index in [2.05, 4.69) is 5.32 Å². The van der Waals surface area contributed by atoms with Crippen LogP contribution in [0, 0.1) is 6.92 Å². The molecule has 3 nitrogen and oxygen atoms in total. The number of aliphatic hydroxyl groups excluding tert-OH is 1. The largest absolute Gasteiger partial charge is 0.508 e. The first-order valence-electron chi connectivity index (χ1n) is 5.89. The van der Waals surface area contributed by atoms with E-state index in [1.807, 2.05) is 13.0 Å². The number of hydrogen-bond acceptors (Lipinski definition) is 3. The predicted molar refractivity (Wildman–Crippen MR) is 64.7 cm³/mol. The zero-order valence-corrected chi connectivity index (χ0v) is 9.61. The minimum Gasteiger partial charge on any atom is -0.508 e. The molecule has 16 heavy (non-hydrogen) atoms. The van der Waals surface area contributed by atoms with Gasteiger partial charge in [0.2, 0.25) is 0 Å². The minimum absolute atomic E-state index is 0.112. The Morgan fingerprint density at radius 2 is 1.88 bits per heavy atom. The van der Waals surface area contributed by atoms with E-state index >= 15 is 0 Å². The van der Waals surface area contributed by atoms with E-state index in [0.717, 1.165) is 36.9 Å². The molecule has 0 saturated heterocycles. The van der Waals surface area contributed by atoms with Crippen LogP contribution in [-0.2, 0) is 0 Å². The Balaban J connectivity index is 1.98. The van der Waals surface area contributed by atoms with Crippen LogP contribution in [0.4, 0.5) is 5.69 Å². The first kappa shape index (κ1) is 11.3. The molecule has 0 bridgehead atoms. The van der Waals surface area contributed by atoms with Crippen LogP contribution in [0.1, 0.15) is 31.2 Å². The third kappa shape index (κ3) is 2.67. The van der Waals surface area contributed by atoms with Crippen LogP contribution in [0.15, 0.2) is 18.2 Å². The standard InChI is InChI=1S/C13H19NO2/c1-9-8-12(16)6-7-13(9)14-10-2-4-11(15)5-3-10/h6-8,10-11,14-16H,2-5H2,1H3. The van der Waals surface area contributed by atoms with Crippen molar-refractivity contribution in [3.8, 4) is 5.75 Å². The molecule has 1 saturated carbocycles. The second-order valence-electron chi connectivity index (χ2n) is 4.65. The number of benzene rings is 1. The average Bonchev–Trinajstić information content (AvgIpc) is 2.25. The molecule has 3 N–H and O–H groups in total. The summed E-state index contributed by atoms with van der Waals surface area (Å²) in [4.78, 5) is 0. The van der Waals surface area contributed by atoms with Crippen molar-refractivity contribution < 1.29 is 10.2 Å². The van der Waals surface area contributed by atoms with E-state index in [1.165, 1.54) is 0 Å². The molecule has 0 amide bonds. The quantitative estimate of drug-likeness (QED) is 0.672. The van der Waals surface area contributed by atoms with Gasteiger partial charge in [-0.1, -0.05) is 0 Å². The smallest absolute Gasteiger partial charge is 0.115 e. The summed E-state index contributed by atoms with van der Waals surface area (Å²) in [6.45, 7) is 1.99. The second kappa shape index (κ2) is 4.74. The van der Waals surface area contributed by atoms with E-state index in [4.69, 9.17) is 0 Å². The van der Waals surface area contributed by atoms with Gasteiger partial charge in [0.1, 0.15) is 5.75 Å². The Hall–Kier alpha value is -1.22. The SMILES string of the molecule is Cc1cc(O)ccc1NC1CCC(O)CC1. The number of aliphatic hydroxyl groups is 1. The van der Waals surface area contributed by atoms with Crippen molar-refractivity contribution in [1.82, 2.24) is 0 Å². The van der Waals surface area contributed by atoms with Crippen LogP contribution in [0.25, 0.3) is 0 Å². The number of rotatable bonds is 2. The Bertz CT molecular complexity index is 357. The van der Waals surface area contributed by atoms with Gasteiger partial charge in [-0.2, -0.15) is 0 Å². The second-order valence-corrected chi connectivity index (χ2v) is 4.65. The molecule has 0 aromatic heterocycles. The Kier molecular flexibility index (Phi) is 3.34. The summed E-state index contributed by atoms with van der Waals surface area (Å²) in [5.74, 6) is 0.308.